The molecule has 0 saturated heterocycles. The van der Waals surface area contributed by atoms with Crippen LogP contribution in [-0.4, -0.2) is 12.3 Å². The molecular weight excluding hydrogens is 234 g/mol. The number of benzene rings is 1. The van der Waals surface area contributed by atoms with Gasteiger partial charge < -0.3 is 5.32 Å². The summed E-state index contributed by atoms with van der Waals surface area (Å²) >= 11 is 0. The van der Waals surface area contributed by atoms with Gasteiger partial charge in [0, 0.05) is 23.7 Å². The molecular formula is C17H23NO. The van der Waals surface area contributed by atoms with Crippen LogP contribution < -0.4 is 5.32 Å². The fraction of sp³-hybridized carbons (Fsp3) is 0.588. The molecule has 1 aliphatic heterocycles. The van der Waals surface area contributed by atoms with E-state index in [0.29, 0.717) is 5.78 Å². The topological polar surface area (TPSA) is 29.1 Å². The van der Waals surface area contributed by atoms with Crippen molar-refractivity contribution in [1.82, 2.24) is 0 Å². The quantitative estimate of drug-likeness (QED) is 0.635. The second-order valence-electron chi connectivity index (χ2n) is 5.91. The van der Waals surface area contributed by atoms with Crippen LogP contribution in [0.25, 0.3) is 0 Å². The van der Waals surface area contributed by atoms with Crippen LogP contribution in [0.2, 0.25) is 0 Å². The molecule has 1 saturated carbocycles. The maximum atomic E-state index is 12.8. The predicted molar refractivity (Wildman–Crippen MR) is 78.8 cm³/mol. The first-order chi connectivity index (χ1) is 9.36. The fourth-order valence-electron chi connectivity index (χ4n) is 3.50. The largest absolute Gasteiger partial charge is 0.385 e. The number of fused-ring (bicyclic) bond motifs is 1. The molecule has 1 aromatic rings. The Labute approximate surface area is 115 Å². The van der Waals surface area contributed by atoms with Gasteiger partial charge >= 0.3 is 0 Å². The van der Waals surface area contributed by atoms with Crippen LogP contribution >= 0.6 is 0 Å². The third-order valence-electron chi connectivity index (χ3n) is 4.59. The Morgan fingerprint density at radius 3 is 2.63 bits per heavy atom. The van der Waals surface area contributed by atoms with Crippen molar-refractivity contribution in [2.45, 2.75) is 51.4 Å². The van der Waals surface area contributed by atoms with E-state index in [4.69, 9.17) is 0 Å². The van der Waals surface area contributed by atoms with Crippen LogP contribution in [0, 0.1) is 5.92 Å². The van der Waals surface area contributed by atoms with Gasteiger partial charge in [0.15, 0.2) is 5.78 Å². The number of hydrogen-bond donors (Lipinski definition) is 1. The third kappa shape index (κ3) is 2.68. The standard InChI is InChI=1S/C17H23NO/c19-17(13-7-3-1-2-4-8-13)15-9-5-11-16-14(15)10-6-12-18-16/h5,9,11,13,18H,1-4,6-8,10,12H2. The van der Waals surface area contributed by atoms with Crippen molar-refractivity contribution in [2.75, 3.05) is 11.9 Å². The van der Waals surface area contributed by atoms with Crippen molar-refractivity contribution < 1.29 is 4.79 Å². The summed E-state index contributed by atoms with van der Waals surface area (Å²) in [7, 11) is 0. The molecule has 0 aromatic heterocycles. The zero-order chi connectivity index (χ0) is 13.1. The molecule has 19 heavy (non-hydrogen) atoms. The second kappa shape index (κ2) is 5.77. The summed E-state index contributed by atoms with van der Waals surface area (Å²) in [6.07, 6.45) is 9.44. The van der Waals surface area contributed by atoms with Crippen LogP contribution in [-0.2, 0) is 6.42 Å². The summed E-state index contributed by atoms with van der Waals surface area (Å²) in [5.41, 5.74) is 3.45. The summed E-state index contributed by atoms with van der Waals surface area (Å²) in [5, 5.41) is 3.42. The molecule has 0 amide bonds. The zero-order valence-electron chi connectivity index (χ0n) is 11.6. The molecule has 1 aromatic carbocycles. The lowest BCUT2D eigenvalue weighted by Crippen LogP contribution is -2.20. The molecule has 0 atom stereocenters. The number of carbonyl (C=O) groups is 1. The summed E-state index contributed by atoms with van der Waals surface area (Å²) < 4.78 is 0. The van der Waals surface area contributed by atoms with E-state index in [1.807, 2.05) is 12.1 Å². The SMILES string of the molecule is O=C(c1cccc2c1CCCN2)C1CCCCCC1. The highest BCUT2D eigenvalue weighted by Crippen LogP contribution is 2.31. The monoisotopic (exact) mass is 257 g/mol. The first-order valence-corrected chi connectivity index (χ1v) is 7.76. The normalized spacial score (nSPS) is 20.2. The summed E-state index contributed by atoms with van der Waals surface area (Å²) in [6.45, 7) is 1.04. The van der Waals surface area contributed by atoms with Crippen molar-refractivity contribution in [3.63, 3.8) is 0 Å². The molecule has 1 aliphatic carbocycles. The molecule has 1 N–H and O–H groups in total. The molecule has 0 spiro atoms. The Kier molecular flexibility index (Phi) is 3.86. The minimum atomic E-state index is 0.274. The predicted octanol–water partition coefficient (Wildman–Crippen LogP) is 4.20. The summed E-state index contributed by atoms with van der Waals surface area (Å²) in [5.74, 6) is 0.679. The number of Topliss-reactive ketones (excluding diaryl/α,β-unsaturated/α-hetero) is 1. The number of carbonyl (C=O) groups excluding carboxylic acids is 1. The molecule has 0 bridgehead atoms. The Morgan fingerprint density at radius 1 is 1.05 bits per heavy atom. The van der Waals surface area contributed by atoms with Crippen molar-refractivity contribution in [1.29, 1.82) is 0 Å². The first kappa shape index (κ1) is 12.7. The lowest BCUT2D eigenvalue weighted by molar-refractivity contribution is 0.0907. The van der Waals surface area contributed by atoms with Crippen molar-refractivity contribution >= 4 is 11.5 Å². The van der Waals surface area contributed by atoms with E-state index < -0.39 is 0 Å². The maximum absolute atomic E-state index is 12.8. The van der Waals surface area contributed by atoms with Gasteiger partial charge in [-0.05, 0) is 37.3 Å². The number of anilines is 1. The van der Waals surface area contributed by atoms with Gasteiger partial charge in [0.1, 0.15) is 0 Å². The molecule has 3 rings (SSSR count). The first-order valence-electron chi connectivity index (χ1n) is 7.76. The summed E-state index contributed by atoms with van der Waals surface area (Å²) in [4.78, 5) is 12.8. The highest BCUT2D eigenvalue weighted by atomic mass is 16.1. The molecule has 2 heteroatoms. The van der Waals surface area contributed by atoms with Crippen LogP contribution in [0.3, 0.4) is 0 Å². The van der Waals surface area contributed by atoms with Gasteiger partial charge in [-0.2, -0.15) is 0 Å². The van der Waals surface area contributed by atoms with E-state index in [2.05, 4.69) is 11.4 Å². The van der Waals surface area contributed by atoms with Gasteiger partial charge in [0.05, 0.1) is 0 Å². The Hall–Kier alpha value is -1.31. The molecule has 0 radical (unpaired) electrons. The van der Waals surface area contributed by atoms with Crippen LogP contribution in [0.15, 0.2) is 18.2 Å². The smallest absolute Gasteiger partial charge is 0.166 e. The average Bonchev–Trinajstić information content (AvgIpc) is 2.75. The molecule has 1 heterocycles. The average molecular weight is 257 g/mol. The van der Waals surface area contributed by atoms with E-state index >= 15 is 0 Å². The number of hydrogen-bond acceptors (Lipinski definition) is 2. The molecule has 2 nitrogen and oxygen atoms in total. The number of rotatable bonds is 2. The Balaban J connectivity index is 1.86. The van der Waals surface area contributed by atoms with E-state index in [1.165, 1.54) is 36.9 Å². The van der Waals surface area contributed by atoms with E-state index in [9.17, 15) is 4.79 Å². The molecule has 2 aliphatic rings. The van der Waals surface area contributed by atoms with Crippen molar-refractivity contribution in [3.05, 3.63) is 29.3 Å². The number of nitrogens with one attached hydrogen (secondary N) is 1. The molecule has 1 fully saturated rings. The second-order valence-corrected chi connectivity index (χ2v) is 5.91. The van der Waals surface area contributed by atoms with Gasteiger partial charge in [-0.25, -0.2) is 0 Å². The van der Waals surface area contributed by atoms with Gasteiger partial charge in [-0.15, -0.1) is 0 Å². The van der Waals surface area contributed by atoms with E-state index in [-0.39, 0.29) is 5.92 Å². The lowest BCUT2D eigenvalue weighted by Gasteiger charge is -2.22. The van der Waals surface area contributed by atoms with Crippen molar-refractivity contribution in [3.8, 4) is 0 Å². The Morgan fingerprint density at radius 2 is 1.84 bits per heavy atom. The van der Waals surface area contributed by atoms with Gasteiger partial charge in [0.2, 0.25) is 0 Å². The molecule has 102 valence electrons. The van der Waals surface area contributed by atoms with Crippen LogP contribution in [0.4, 0.5) is 5.69 Å². The van der Waals surface area contributed by atoms with Gasteiger partial charge in [-0.1, -0.05) is 37.8 Å². The number of ketones is 1. The highest BCUT2D eigenvalue weighted by molar-refractivity contribution is 6.00. The molecule has 0 unspecified atom stereocenters. The van der Waals surface area contributed by atoms with Crippen LogP contribution in [0.5, 0.6) is 0 Å². The van der Waals surface area contributed by atoms with Gasteiger partial charge in [0.25, 0.3) is 0 Å². The van der Waals surface area contributed by atoms with Gasteiger partial charge in [-0.3, -0.25) is 4.79 Å². The maximum Gasteiger partial charge on any atom is 0.166 e. The minimum absolute atomic E-state index is 0.274. The minimum Gasteiger partial charge on any atom is -0.385 e. The fourth-order valence-corrected chi connectivity index (χ4v) is 3.50. The zero-order valence-corrected chi connectivity index (χ0v) is 11.6. The summed E-state index contributed by atoms with van der Waals surface area (Å²) in [6, 6.07) is 6.18. The Bertz CT molecular complexity index is 458. The van der Waals surface area contributed by atoms with E-state index in [0.717, 1.165) is 37.8 Å². The van der Waals surface area contributed by atoms with E-state index in [1.54, 1.807) is 0 Å². The third-order valence-corrected chi connectivity index (χ3v) is 4.59. The lowest BCUT2D eigenvalue weighted by atomic mass is 9.86. The van der Waals surface area contributed by atoms with Crippen LogP contribution in [0.1, 0.15) is 60.9 Å². The highest BCUT2D eigenvalue weighted by Gasteiger charge is 2.25. The van der Waals surface area contributed by atoms with Crippen molar-refractivity contribution in [2.24, 2.45) is 5.92 Å².